The van der Waals surface area contributed by atoms with Gasteiger partial charge in [0, 0.05) is 31.1 Å². The fourth-order valence-corrected chi connectivity index (χ4v) is 3.10. The third kappa shape index (κ3) is 4.06. The SMILES string of the molecule is COC(=O)Nc1ccc(-c2cnc3ccc(C(=O)N(C)c4ccc(OC)nc4)cn23)cn1. The van der Waals surface area contributed by atoms with E-state index in [9.17, 15) is 9.59 Å². The lowest BCUT2D eigenvalue weighted by Gasteiger charge is -2.17. The monoisotopic (exact) mass is 432 g/mol. The lowest BCUT2D eigenvalue weighted by molar-refractivity contribution is 0.0992. The number of pyridine rings is 3. The Morgan fingerprint density at radius 3 is 2.47 bits per heavy atom. The zero-order chi connectivity index (χ0) is 22.7. The minimum atomic E-state index is -0.598. The fourth-order valence-electron chi connectivity index (χ4n) is 3.10. The molecule has 0 fully saturated rings. The Labute approximate surface area is 183 Å². The zero-order valence-electron chi connectivity index (χ0n) is 17.6. The molecule has 0 aromatic carbocycles. The molecule has 0 aliphatic carbocycles. The molecule has 0 saturated heterocycles. The number of rotatable bonds is 5. The van der Waals surface area contributed by atoms with Gasteiger partial charge in [-0.1, -0.05) is 0 Å². The van der Waals surface area contributed by atoms with E-state index in [1.807, 2.05) is 4.40 Å². The summed E-state index contributed by atoms with van der Waals surface area (Å²) in [7, 11) is 4.50. The molecule has 4 aromatic heterocycles. The topological polar surface area (TPSA) is 111 Å². The van der Waals surface area contributed by atoms with Gasteiger partial charge in [0.15, 0.2) is 0 Å². The highest BCUT2D eigenvalue weighted by molar-refractivity contribution is 6.05. The summed E-state index contributed by atoms with van der Waals surface area (Å²) < 4.78 is 11.4. The van der Waals surface area contributed by atoms with E-state index in [0.717, 1.165) is 11.3 Å². The molecule has 0 bridgehead atoms. The van der Waals surface area contributed by atoms with Gasteiger partial charge in [0.2, 0.25) is 5.88 Å². The quantitative estimate of drug-likeness (QED) is 0.515. The first-order chi connectivity index (χ1) is 15.5. The van der Waals surface area contributed by atoms with Crippen molar-refractivity contribution in [2.24, 2.45) is 0 Å². The van der Waals surface area contributed by atoms with Crippen LogP contribution in [0.4, 0.5) is 16.3 Å². The summed E-state index contributed by atoms with van der Waals surface area (Å²) in [6.07, 6.45) is 6.02. The molecule has 10 heteroatoms. The molecule has 2 amide bonds. The van der Waals surface area contributed by atoms with E-state index in [0.29, 0.717) is 28.6 Å². The van der Waals surface area contributed by atoms with Gasteiger partial charge >= 0.3 is 6.09 Å². The van der Waals surface area contributed by atoms with Crippen LogP contribution in [0.25, 0.3) is 16.9 Å². The van der Waals surface area contributed by atoms with Gasteiger partial charge in [-0.15, -0.1) is 0 Å². The number of nitrogens with zero attached hydrogens (tertiary/aromatic N) is 5. The summed E-state index contributed by atoms with van der Waals surface area (Å²) in [5.74, 6) is 0.634. The third-order valence-electron chi connectivity index (χ3n) is 4.85. The molecular weight excluding hydrogens is 412 g/mol. The molecule has 0 atom stereocenters. The van der Waals surface area contributed by atoms with Gasteiger partial charge in [0.1, 0.15) is 11.5 Å². The van der Waals surface area contributed by atoms with Crippen molar-refractivity contribution in [3.05, 3.63) is 66.7 Å². The second kappa shape index (κ2) is 8.72. The summed E-state index contributed by atoms with van der Waals surface area (Å²) in [5, 5.41) is 2.50. The molecule has 4 heterocycles. The largest absolute Gasteiger partial charge is 0.481 e. The molecule has 0 spiro atoms. The van der Waals surface area contributed by atoms with Crippen molar-refractivity contribution in [1.82, 2.24) is 19.4 Å². The van der Waals surface area contributed by atoms with Crippen LogP contribution >= 0.6 is 0 Å². The minimum absolute atomic E-state index is 0.200. The number of ether oxygens (including phenoxy) is 2. The van der Waals surface area contributed by atoms with Gasteiger partial charge in [-0.3, -0.25) is 14.5 Å². The van der Waals surface area contributed by atoms with Crippen LogP contribution in [0.2, 0.25) is 0 Å². The molecule has 0 aliphatic heterocycles. The number of anilines is 2. The Bertz CT molecular complexity index is 1270. The van der Waals surface area contributed by atoms with Crippen molar-refractivity contribution in [2.45, 2.75) is 0 Å². The Morgan fingerprint density at radius 1 is 0.969 bits per heavy atom. The van der Waals surface area contributed by atoms with E-state index < -0.39 is 6.09 Å². The minimum Gasteiger partial charge on any atom is -0.481 e. The van der Waals surface area contributed by atoms with Crippen molar-refractivity contribution >= 4 is 29.2 Å². The summed E-state index contributed by atoms with van der Waals surface area (Å²) in [6.45, 7) is 0. The highest BCUT2D eigenvalue weighted by Crippen LogP contribution is 2.23. The van der Waals surface area contributed by atoms with Gasteiger partial charge in [0.05, 0.1) is 43.6 Å². The first-order valence-electron chi connectivity index (χ1n) is 9.57. The van der Waals surface area contributed by atoms with E-state index in [-0.39, 0.29) is 5.91 Å². The fraction of sp³-hybridized carbons (Fsp3) is 0.136. The molecule has 162 valence electrons. The molecule has 0 aliphatic rings. The molecule has 0 unspecified atom stereocenters. The smallest absolute Gasteiger partial charge is 0.412 e. The van der Waals surface area contributed by atoms with E-state index in [4.69, 9.17) is 4.74 Å². The highest BCUT2D eigenvalue weighted by atomic mass is 16.5. The van der Waals surface area contributed by atoms with Gasteiger partial charge in [-0.05, 0) is 30.3 Å². The number of imidazole rings is 1. The standard InChI is InChI=1S/C22H20N6O4/c1-27(16-6-9-20(31-2)25-11-16)21(29)15-5-8-19-24-12-17(28(19)13-15)14-4-7-18(23-10-14)26-22(30)32-3/h4-13H,1-3H3,(H,23,26,30). The normalized spacial score (nSPS) is 10.6. The second-order valence-corrected chi connectivity index (χ2v) is 6.76. The van der Waals surface area contributed by atoms with Gasteiger partial charge in [-0.25, -0.2) is 19.7 Å². The number of carbonyl (C=O) groups excluding carboxylic acids is 2. The molecule has 4 aromatic rings. The number of hydrogen-bond acceptors (Lipinski definition) is 7. The van der Waals surface area contributed by atoms with Crippen LogP contribution < -0.4 is 15.0 Å². The number of hydrogen-bond donors (Lipinski definition) is 1. The maximum Gasteiger partial charge on any atom is 0.412 e. The van der Waals surface area contributed by atoms with Crippen molar-refractivity contribution in [1.29, 1.82) is 0 Å². The van der Waals surface area contributed by atoms with Crippen LogP contribution in [0, 0.1) is 0 Å². The Balaban J connectivity index is 1.62. The maximum atomic E-state index is 13.1. The number of nitrogens with one attached hydrogen (secondary N) is 1. The van der Waals surface area contributed by atoms with E-state index in [2.05, 4.69) is 25.0 Å². The second-order valence-electron chi connectivity index (χ2n) is 6.76. The first-order valence-corrected chi connectivity index (χ1v) is 9.57. The number of amides is 2. The van der Waals surface area contributed by atoms with E-state index in [1.165, 1.54) is 19.1 Å². The Morgan fingerprint density at radius 2 is 1.81 bits per heavy atom. The van der Waals surface area contributed by atoms with Crippen LogP contribution in [-0.2, 0) is 4.74 Å². The summed E-state index contributed by atoms with van der Waals surface area (Å²) in [5.41, 5.74) is 3.32. The molecule has 1 N–H and O–H groups in total. The van der Waals surface area contributed by atoms with Gasteiger partial charge in [-0.2, -0.15) is 0 Å². The highest BCUT2D eigenvalue weighted by Gasteiger charge is 2.16. The average Bonchev–Trinajstić information content (AvgIpc) is 3.27. The summed E-state index contributed by atoms with van der Waals surface area (Å²) in [4.78, 5) is 38.7. The maximum absolute atomic E-state index is 13.1. The van der Waals surface area contributed by atoms with Crippen LogP contribution in [0.15, 0.2) is 61.2 Å². The number of aromatic nitrogens is 4. The predicted octanol–water partition coefficient (Wildman–Crippen LogP) is 3.25. The Kier molecular flexibility index (Phi) is 5.67. The van der Waals surface area contributed by atoms with Crippen molar-refractivity contribution < 1.29 is 19.1 Å². The molecule has 0 saturated carbocycles. The number of fused-ring (bicyclic) bond motifs is 1. The van der Waals surface area contributed by atoms with Crippen molar-refractivity contribution in [2.75, 3.05) is 31.5 Å². The van der Waals surface area contributed by atoms with Crippen molar-refractivity contribution in [3.8, 4) is 17.1 Å². The van der Waals surface area contributed by atoms with Crippen LogP contribution in [0.1, 0.15) is 10.4 Å². The first kappa shape index (κ1) is 20.8. The van der Waals surface area contributed by atoms with Crippen molar-refractivity contribution in [3.63, 3.8) is 0 Å². The zero-order valence-corrected chi connectivity index (χ0v) is 17.6. The summed E-state index contributed by atoms with van der Waals surface area (Å²) >= 11 is 0. The third-order valence-corrected chi connectivity index (χ3v) is 4.85. The molecule has 32 heavy (non-hydrogen) atoms. The predicted molar refractivity (Wildman–Crippen MR) is 118 cm³/mol. The number of carbonyl (C=O) groups is 2. The van der Waals surface area contributed by atoms with Gasteiger partial charge in [0.25, 0.3) is 5.91 Å². The molecule has 4 rings (SSSR count). The van der Waals surface area contributed by atoms with Crippen LogP contribution in [0.5, 0.6) is 5.88 Å². The molecule has 10 nitrogen and oxygen atoms in total. The summed E-state index contributed by atoms with van der Waals surface area (Å²) in [6, 6.07) is 10.4. The van der Waals surface area contributed by atoms with Gasteiger partial charge < -0.3 is 14.4 Å². The van der Waals surface area contributed by atoms with E-state index >= 15 is 0 Å². The number of methoxy groups -OCH3 is 2. The van der Waals surface area contributed by atoms with Crippen LogP contribution in [-0.4, -0.2) is 52.6 Å². The molecular formula is C22H20N6O4. The van der Waals surface area contributed by atoms with E-state index in [1.54, 1.807) is 68.2 Å². The average molecular weight is 432 g/mol. The molecule has 0 radical (unpaired) electrons. The lowest BCUT2D eigenvalue weighted by atomic mass is 10.2. The van der Waals surface area contributed by atoms with Crippen LogP contribution in [0.3, 0.4) is 0 Å². The Hall–Kier alpha value is -4.47. The lowest BCUT2D eigenvalue weighted by Crippen LogP contribution is -2.26.